The number of hydrogen-bond donors (Lipinski definition) is 1. The lowest BCUT2D eigenvalue weighted by molar-refractivity contribution is -0.896. The molecule has 0 aliphatic heterocycles. The largest absolute Gasteiger partial charge is 0.870 e. The maximum Gasteiger partial charge on any atom is 0.0770 e. The lowest BCUT2D eigenvalue weighted by Crippen LogP contribution is -3.11. The topological polar surface area (TPSA) is 34.4 Å². The van der Waals surface area contributed by atoms with Gasteiger partial charge in [-0.25, -0.2) is 0 Å². The Morgan fingerprint density at radius 2 is 0.958 bits per heavy atom. The Kier molecular flexibility index (Phi) is 24.4. The molecule has 146 valence electrons. The second-order valence-corrected chi connectivity index (χ2v) is 7.14. The minimum absolute atomic E-state index is 0. The first-order valence-electron chi connectivity index (χ1n) is 10.8. The fourth-order valence-electron chi connectivity index (χ4n) is 3.23. The Morgan fingerprint density at radius 1 is 0.542 bits per heavy atom. The molecule has 0 fully saturated rings. The summed E-state index contributed by atoms with van der Waals surface area (Å²) in [7, 11) is 0. The molecule has 0 rings (SSSR count). The molecular formula is C22H47NO. The predicted molar refractivity (Wildman–Crippen MR) is 108 cm³/mol. The van der Waals surface area contributed by atoms with Gasteiger partial charge >= 0.3 is 0 Å². The van der Waals surface area contributed by atoms with E-state index in [1.807, 2.05) is 0 Å². The van der Waals surface area contributed by atoms with Crippen LogP contribution >= 0.6 is 0 Å². The quantitative estimate of drug-likeness (QED) is 0.249. The van der Waals surface area contributed by atoms with Crippen molar-refractivity contribution in [3.8, 4) is 0 Å². The molecule has 0 aliphatic carbocycles. The Morgan fingerprint density at radius 3 is 1.42 bits per heavy atom. The Balaban J connectivity index is 0. The molecule has 0 aromatic heterocycles. The van der Waals surface area contributed by atoms with Gasteiger partial charge in [-0.05, 0) is 52.4 Å². The molecule has 0 heterocycles. The zero-order valence-electron chi connectivity index (χ0n) is 17.1. The van der Waals surface area contributed by atoms with Crippen molar-refractivity contribution in [1.29, 1.82) is 0 Å². The van der Waals surface area contributed by atoms with Crippen LogP contribution in [0.25, 0.3) is 0 Å². The molecule has 0 aliphatic rings. The average Bonchev–Trinajstić information content (AvgIpc) is 2.58. The summed E-state index contributed by atoms with van der Waals surface area (Å²) >= 11 is 0. The number of rotatable bonds is 18. The maximum atomic E-state index is 2.43. The first-order chi connectivity index (χ1) is 11.3. The molecule has 0 radical (unpaired) electrons. The molecule has 24 heavy (non-hydrogen) atoms. The maximum absolute atomic E-state index is 2.43. The van der Waals surface area contributed by atoms with Crippen molar-refractivity contribution in [2.75, 3.05) is 19.6 Å². The average molecular weight is 342 g/mol. The third-order valence-corrected chi connectivity index (χ3v) is 5.04. The SMILES string of the molecule is CCCCCCCCC=CCCCCCCCC[NH+](CC)CC.[OH-]. The van der Waals surface area contributed by atoms with Gasteiger partial charge < -0.3 is 10.4 Å². The van der Waals surface area contributed by atoms with E-state index in [-0.39, 0.29) is 5.48 Å². The molecule has 0 saturated heterocycles. The van der Waals surface area contributed by atoms with E-state index in [2.05, 4.69) is 32.9 Å². The first-order valence-corrected chi connectivity index (χ1v) is 10.8. The molecule has 0 aromatic carbocycles. The van der Waals surface area contributed by atoms with Crippen LogP contribution < -0.4 is 4.90 Å². The van der Waals surface area contributed by atoms with Gasteiger partial charge in [0.25, 0.3) is 0 Å². The number of quaternary nitrogens is 1. The standard InChI is InChI=1S/C22H45N.H2O/c1-4-7-8-9-10-11-12-13-14-15-16-17-18-19-20-21-22-23(5-2)6-3;/h13-14H,4-12,15-22H2,1-3H3;1H2. The summed E-state index contributed by atoms with van der Waals surface area (Å²) in [5.41, 5.74) is 0. The second-order valence-electron chi connectivity index (χ2n) is 7.14. The van der Waals surface area contributed by atoms with E-state index < -0.39 is 0 Å². The number of nitrogens with one attached hydrogen (secondary N) is 1. The predicted octanol–water partition coefficient (Wildman–Crippen LogP) is 5.77. The lowest BCUT2D eigenvalue weighted by atomic mass is 10.1. The number of unbranched alkanes of at least 4 members (excludes halogenated alkanes) is 12. The van der Waals surface area contributed by atoms with E-state index in [9.17, 15) is 0 Å². The Hall–Kier alpha value is -0.340. The van der Waals surface area contributed by atoms with Crippen LogP contribution in [0.1, 0.15) is 111 Å². The zero-order chi connectivity index (χ0) is 17.0. The van der Waals surface area contributed by atoms with Crippen LogP contribution in [-0.2, 0) is 0 Å². The molecule has 0 aromatic rings. The van der Waals surface area contributed by atoms with E-state index in [4.69, 9.17) is 0 Å². The third kappa shape index (κ3) is 19.7. The highest BCUT2D eigenvalue weighted by Gasteiger charge is 2.00. The van der Waals surface area contributed by atoms with Crippen molar-refractivity contribution < 1.29 is 10.4 Å². The molecule has 0 saturated carbocycles. The van der Waals surface area contributed by atoms with Crippen LogP contribution in [0.5, 0.6) is 0 Å². The number of allylic oxidation sites excluding steroid dienone is 2. The summed E-state index contributed by atoms with van der Waals surface area (Å²) in [6, 6.07) is 0. The summed E-state index contributed by atoms with van der Waals surface area (Å²) < 4.78 is 0. The van der Waals surface area contributed by atoms with Crippen molar-refractivity contribution in [3.05, 3.63) is 12.2 Å². The van der Waals surface area contributed by atoms with Crippen LogP contribution in [0, 0.1) is 0 Å². The van der Waals surface area contributed by atoms with Crippen molar-refractivity contribution in [3.63, 3.8) is 0 Å². The van der Waals surface area contributed by atoms with Crippen molar-refractivity contribution in [1.82, 2.24) is 0 Å². The van der Waals surface area contributed by atoms with Crippen LogP contribution in [0.4, 0.5) is 0 Å². The van der Waals surface area contributed by atoms with Gasteiger partial charge in [-0.15, -0.1) is 0 Å². The highest BCUT2D eigenvalue weighted by atomic mass is 16.0. The molecule has 2 N–H and O–H groups in total. The summed E-state index contributed by atoms with van der Waals surface area (Å²) in [5.74, 6) is 0. The fourth-order valence-corrected chi connectivity index (χ4v) is 3.23. The minimum atomic E-state index is 0. The number of hydrogen-bond acceptors (Lipinski definition) is 1. The van der Waals surface area contributed by atoms with E-state index >= 15 is 0 Å². The zero-order valence-corrected chi connectivity index (χ0v) is 17.1. The van der Waals surface area contributed by atoms with Gasteiger partial charge in [0.05, 0.1) is 19.6 Å². The summed E-state index contributed by atoms with van der Waals surface area (Å²) in [5, 5.41) is 0. The summed E-state index contributed by atoms with van der Waals surface area (Å²) in [6.07, 6.45) is 24.5. The molecule has 0 atom stereocenters. The molecule has 2 nitrogen and oxygen atoms in total. The summed E-state index contributed by atoms with van der Waals surface area (Å²) in [6.45, 7) is 10.9. The van der Waals surface area contributed by atoms with Gasteiger partial charge in [-0.2, -0.15) is 0 Å². The fraction of sp³-hybridized carbons (Fsp3) is 0.909. The molecular weight excluding hydrogens is 294 g/mol. The normalized spacial score (nSPS) is 11.3. The van der Waals surface area contributed by atoms with Gasteiger partial charge in [-0.1, -0.05) is 70.4 Å². The van der Waals surface area contributed by atoms with Gasteiger partial charge in [-0.3, -0.25) is 0 Å². The van der Waals surface area contributed by atoms with E-state index in [0.717, 1.165) is 0 Å². The van der Waals surface area contributed by atoms with Crippen LogP contribution in [0.2, 0.25) is 0 Å². The van der Waals surface area contributed by atoms with Gasteiger partial charge in [0.15, 0.2) is 0 Å². The Labute approximate surface area is 153 Å². The van der Waals surface area contributed by atoms with Crippen LogP contribution in [0.15, 0.2) is 12.2 Å². The van der Waals surface area contributed by atoms with Crippen LogP contribution in [0.3, 0.4) is 0 Å². The van der Waals surface area contributed by atoms with E-state index in [1.54, 1.807) is 4.90 Å². The second kappa shape index (κ2) is 22.7. The van der Waals surface area contributed by atoms with Crippen molar-refractivity contribution >= 4 is 0 Å². The molecule has 0 spiro atoms. The summed E-state index contributed by atoms with van der Waals surface area (Å²) in [4.78, 5) is 1.76. The highest BCUT2D eigenvalue weighted by Crippen LogP contribution is 2.09. The highest BCUT2D eigenvalue weighted by molar-refractivity contribution is 4.81. The van der Waals surface area contributed by atoms with Crippen molar-refractivity contribution in [2.24, 2.45) is 0 Å². The van der Waals surface area contributed by atoms with E-state index in [1.165, 1.54) is 110 Å². The molecule has 2 heteroatoms. The Bertz CT molecular complexity index is 236. The van der Waals surface area contributed by atoms with Gasteiger partial charge in [0.1, 0.15) is 0 Å². The van der Waals surface area contributed by atoms with E-state index in [0.29, 0.717) is 0 Å². The van der Waals surface area contributed by atoms with Crippen LogP contribution in [-0.4, -0.2) is 25.1 Å². The molecule has 0 bridgehead atoms. The monoisotopic (exact) mass is 341 g/mol. The van der Waals surface area contributed by atoms with Crippen molar-refractivity contribution in [2.45, 2.75) is 111 Å². The minimum Gasteiger partial charge on any atom is -0.870 e. The lowest BCUT2D eigenvalue weighted by Gasteiger charge is -2.14. The first kappa shape index (κ1) is 25.9. The smallest absolute Gasteiger partial charge is 0.0770 e. The molecule has 0 amide bonds. The van der Waals surface area contributed by atoms with Gasteiger partial charge in [0.2, 0.25) is 0 Å². The molecule has 0 unspecified atom stereocenters. The third-order valence-electron chi connectivity index (χ3n) is 5.04. The van der Waals surface area contributed by atoms with Gasteiger partial charge in [0, 0.05) is 0 Å².